The molecule has 0 rings (SSSR count). The Morgan fingerprint density at radius 3 is 0.352 bits per heavy atom. The molecule has 0 nitrogen and oxygen atoms in total. The zero-order chi connectivity index (χ0) is 43.0. The van der Waals surface area contributed by atoms with Crippen LogP contribution in [0.5, 0.6) is 0 Å². The van der Waals surface area contributed by atoms with E-state index in [0.717, 1.165) is 0 Å². The van der Waals surface area contributed by atoms with Gasteiger partial charge in [-0.3, -0.25) is 0 Å². The fourth-order valence-electron chi connectivity index (χ4n) is 8.98. The molecule has 0 aromatic rings. The van der Waals surface area contributed by atoms with Crippen LogP contribution in [0.1, 0.15) is 0 Å². The normalized spacial score (nSPS) is 9.72. The van der Waals surface area contributed by atoms with Gasteiger partial charge in [0.1, 0.15) is 0 Å². The summed E-state index contributed by atoms with van der Waals surface area (Å²) in [7, 11) is 176. The monoisotopic (exact) mass is 598 g/mol. The summed E-state index contributed by atoms with van der Waals surface area (Å²) >= 11 is 0. The Bertz CT molecular complexity index is 793. The van der Waals surface area contributed by atoms with Gasteiger partial charge in [-0.15, -0.1) is 6.39 Å². The minimum Gasteiger partial charge on any atom is -0.128 e. The van der Waals surface area contributed by atoms with Gasteiger partial charge in [-0.1, -0.05) is 7.74 Å². The van der Waals surface area contributed by atoms with Crippen molar-refractivity contribution in [1.29, 1.82) is 0 Å². The molecule has 0 aromatic heterocycles. The van der Waals surface area contributed by atoms with Gasteiger partial charge < -0.3 is 0 Å². The second-order valence-corrected chi connectivity index (χ2v) is 14.6. The van der Waals surface area contributed by atoms with Crippen LogP contribution in [0.25, 0.3) is 0 Å². The number of rotatable bonds is 25. The molecule has 54 heteroatoms. The Hall–Kier alpha value is 3.51. The van der Waals surface area contributed by atoms with E-state index in [2.05, 4.69) is 0 Å². The third-order valence-electron chi connectivity index (χ3n) is 10.9. The molecule has 0 aliphatic rings. The van der Waals surface area contributed by atoms with Crippen molar-refractivity contribution in [1.82, 2.24) is 0 Å². The predicted octanol–water partition coefficient (Wildman–Crippen LogP) is -21.4. The minimum atomic E-state index is -1.37. The average molecular weight is 587 g/mol. The van der Waals surface area contributed by atoms with Gasteiger partial charge in [0.25, 0.3) is 0 Å². The average Bonchev–Trinajstić information content (AvgIpc) is 2.93. The van der Waals surface area contributed by atoms with Crippen molar-refractivity contribution in [2.45, 2.75) is 0 Å². The van der Waals surface area contributed by atoms with E-state index < -0.39 is 174 Å². The molecular formula is H3B54-. The third-order valence-corrected chi connectivity index (χ3v) is 10.9. The fraction of sp³-hybridized carbons (Fsp3) is 0. The SMILES string of the molecule is [B]B([B])B(B([B])[B])B(B(B([B])[B])B([B])[B])B(B(B(B([B])[B])B([B])[B])B(B([B])[B])B([B])[B])B(B(B([B])[B])B([B])[B])B(B(B([B])[B])B([B])[B])B(B([B])[B])B([B])[BH3-]. The van der Waals surface area contributed by atoms with Crippen molar-refractivity contribution in [2.75, 3.05) is 0 Å². The molecule has 0 saturated carbocycles. The first-order valence-electron chi connectivity index (χ1n) is 17.3. The summed E-state index contributed by atoms with van der Waals surface area (Å²) in [6, 6.07) is 0. The van der Waals surface area contributed by atoms with E-state index in [1.54, 1.807) is 0 Å². The summed E-state index contributed by atoms with van der Waals surface area (Å²) in [4.78, 5) is 0. The molecule has 0 unspecified atom stereocenters. The van der Waals surface area contributed by atoms with Crippen LogP contribution in [0.4, 0.5) is 0 Å². The molecule has 0 bridgehead atoms. The zero-order valence-electron chi connectivity index (χ0n) is 30.6. The smallest absolute Gasteiger partial charge is 0.0000000000000000739 e. The van der Waals surface area contributed by atoms with E-state index in [1.165, 1.54) is 0 Å². The molecule has 0 spiro atoms. The predicted molar refractivity (Wildman–Crippen MR) is 315 cm³/mol. The highest BCUT2D eigenvalue weighted by Gasteiger charge is 2.60. The topological polar surface area (TPSA) is 0 Å². The first-order valence-corrected chi connectivity index (χ1v) is 17.3. The van der Waals surface area contributed by atoms with Crippen LogP contribution in [-0.4, -0.2) is 383 Å². The van der Waals surface area contributed by atoms with Crippen LogP contribution in [0.3, 0.4) is 0 Å². The van der Waals surface area contributed by atoms with Crippen LogP contribution in [-0.2, 0) is 0 Å². The number of hydrogen-bond donors (Lipinski definition) is 0. The Kier molecular flexibility index (Phi) is 27.9. The zero-order valence-corrected chi connectivity index (χ0v) is 30.6. The molecule has 54 heavy (non-hydrogen) atoms. The maximum atomic E-state index is 6.79. The summed E-state index contributed by atoms with van der Waals surface area (Å²) in [5.74, 6) is 0. The second kappa shape index (κ2) is 26.2. The van der Waals surface area contributed by atoms with Crippen LogP contribution < -0.4 is 0 Å². The first kappa shape index (κ1) is 57.5. The maximum absolute atomic E-state index is 6.79. The molecule has 0 fully saturated rings. The van der Waals surface area contributed by atoms with E-state index in [4.69, 9.17) is 209 Å². The molecule has 0 amide bonds. The summed E-state index contributed by atoms with van der Waals surface area (Å²) in [5, 5.41) is 0. The maximum Gasteiger partial charge on any atom is -0.0000000000000000739 e. The molecular weight excluding hydrogens is 584 g/mol. The van der Waals surface area contributed by atoms with Crippen LogP contribution in [0.15, 0.2) is 0 Å². The van der Waals surface area contributed by atoms with Gasteiger partial charge in [0.2, 0.25) is 0 Å². The molecule has 0 aliphatic carbocycles. The minimum absolute atomic E-state index is 0.624. The van der Waals surface area contributed by atoms with Crippen LogP contribution in [0.2, 0.25) is 0 Å². The Morgan fingerprint density at radius 2 is 0.241 bits per heavy atom. The van der Waals surface area contributed by atoms with E-state index in [0.29, 0.717) is 0 Å². The molecule has 0 N–H and O–H groups in total. The van der Waals surface area contributed by atoms with Crippen molar-refractivity contribution in [3.8, 4) is 0 Å². The van der Waals surface area contributed by atoms with Crippen LogP contribution >= 0.6 is 0 Å². The molecule has 0 aromatic carbocycles. The van der Waals surface area contributed by atoms with Crippen molar-refractivity contribution < 1.29 is 0 Å². The highest BCUT2D eigenvalue weighted by Crippen LogP contribution is 2.23. The lowest BCUT2D eigenvalue weighted by Crippen LogP contribution is -2.96. The van der Waals surface area contributed by atoms with Gasteiger partial charge in [0, 0.05) is 0 Å². The van der Waals surface area contributed by atoms with Gasteiger partial charge >= 0.3 is 0 Å². The molecule has 54 radical (unpaired) electrons. The van der Waals surface area contributed by atoms with Crippen molar-refractivity contribution in [3.05, 3.63) is 0 Å². The van der Waals surface area contributed by atoms with E-state index in [-0.39, 0.29) is 0 Å². The number of hydrogen-bond acceptors (Lipinski definition) is 0. The highest BCUT2D eigenvalue weighted by atomic mass is 13.4. The molecule has 0 aliphatic heterocycles. The van der Waals surface area contributed by atoms with Crippen molar-refractivity contribution in [3.63, 3.8) is 0 Å². The van der Waals surface area contributed by atoms with Gasteiger partial charge in [0.05, 0.1) is 0 Å². The van der Waals surface area contributed by atoms with Crippen molar-refractivity contribution >= 4 is 383 Å². The van der Waals surface area contributed by atoms with Gasteiger partial charge in [-0.2, -0.15) is 0 Å². The lowest BCUT2D eigenvalue weighted by Gasteiger charge is -2.58. The molecule has 0 heterocycles. The first-order chi connectivity index (χ1) is 24.5. The van der Waals surface area contributed by atoms with Gasteiger partial charge in [0.15, 0.2) is 0 Å². The third kappa shape index (κ3) is 15.4. The van der Waals surface area contributed by atoms with E-state index in [1.807, 2.05) is 0 Å². The van der Waals surface area contributed by atoms with E-state index >= 15 is 0 Å². The summed E-state index contributed by atoms with van der Waals surface area (Å²) < 4.78 is 0. The Balaban J connectivity index is 9.98. The molecule has 0 atom stereocenters. The Morgan fingerprint density at radius 1 is 0.148 bits per heavy atom. The van der Waals surface area contributed by atoms with Gasteiger partial charge in [-0.05, 0) is 369 Å². The highest BCUT2D eigenvalue weighted by molar-refractivity contribution is 8.36. The molecule has 0 saturated heterocycles. The lowest BCUT2D eigenvalue weighted by atomic mass is 8.24. The Labute approximate surface area is 379 Å². The molecule has 166 valence electrons. The van der Waals surface area contributed by atoms with Crippen molar-refractivity contribution in [2.24, 2.45) is 0 Å². The van der Waals surface area contributed by atoms with Crippen LogP contribution in [0, 0.1) is 0 Å². The lowest BCUT2D eigenvalue weighted by molar-refractivity contribution is 3.18. The fourth-order valence-corrected chi connectivity index (χ4v) is 8.98. The quantitative estimate of drug-likeness (QED) is 0.0933. The standard InChI is InChI=1S/B54H3/c1-29(2)43(30(3)4)50(44(31(5)6)32(7)8)53(49(41(25)26)42(27)28)54(51(45(33(9)10)34(11)12)46(35(13)14)36(15)16)52(47(37(17)18)38(19)20)48(39(21)22)40(23)24/h1H3/q-1. The summed E-state index contributed by atoms with van der Waals surface area (Å²) in [5.41, 5.74) is 0. The second-order valence-electron chi connectivity index (χ2n) is 14.6. The summed E-state index contributed by atoms with van der Waals surface area (Å²) in [6.45, 7) is 0. The summed E-state index contributed by atoms with van der Waals surface area (Å²) in [6.07, 6.45) is -32.3. The largest absolute Gasteiger partial charge is 0.128 e. The van der Waals surface area contributed by atoms with E-state index in [9.17, 15) is 0 Å². The van der Waals surface area contributed by atoms with Gasteiger partial charge in [-0.25, -0.2) is 0 Å².